The maximum atomic E-state index is 10.4. The first-order valence-electron chi connectivity index (χ1n) is 7.85. The minimum absolute atomic E-state index is 0.395. The molecule has 1 N–H and O–H groups in total. The highest BCUT2D eigenvalue weighted by Crippen LogP contribution is 2.51. The Kier molecular flexibility index (Phi) is 4.50. The average molecular weight is 318 g/mol. The molecule has 3 fully saturated rings. The van der Waals surface area contributed by atoms with Gasteiger partial charge in [-0.1, -0.05) is 0 Å². The van der Waals surface area contributed by atoms with Crippen molar-refractivity contribution in [2.24, 2.45) is 0 Å². The predicted molar refractivity (Wildman–Crippen MR) is 75.0 cm³/mol. The first-order chi connectivity index (χ1) is 10.5. The monoisotopic (exact) mass is 318 g/mol. The highest BCUT2D eigenvalue weighted by atomic mass is 16.8. The van der Waals surface area contributed by atoms with Crippen LogP contribution in [0.5, 0.6) is 0 Å². The predicted octanol–water partition coefficient (Wildman–Crippen LogP) is 0.782. The van der Waals surface area contributed by atoms with Crippen LogP contribution in [0.25, 0.3) is 0 Å². The van der Waals surface area contributed by atoms with E-state index in [2.05, 4.69) is 0 Å². The Morgan fingerprint density at radius 2 is 1.64 bits per heavy atom. The van der Waals surface area contributed by atoms with Gasteiger partial charge in [0.1, 0.15) is 18.3 Å². The van der Waals surface area contributed by atoms with Crippen LogP contribution in [0.4, 0.5) is 0 Å². The summed E-state index contributed by atoms with van der Waals surface area (Å²) in [6, 6.07) is 0. The molecule has 2 aliphatic heterocycles. The highest BCUT2D eigenvalue weighted by molar-refractivity contribution is 5.03. The molecular formula is C15H26O7. The largest absolute Gasteiger partial charge is 0.388 e. The Morgan fingerprint density at radius 3 is 2.27 bits per heavy atom. The second kappa shape index (κ2) is 5.98. The second-order valence-corrected chi connectivity index (χ2v) is 6.22. The van der Waals surface area contributed by atoms with Crippen molar-refractivity contribution >= 4 is 0 Å². The lowest BCUT2D eigenvalue weighted by molar-refractivity contribution is -0.390. The van der Waals surface area contributed by atoms with Gasteiger partial charge in [-0.3, -0.25) is 0 Å². The molecule has 0 unspecified atom stereocenters. The fraction of sp³-hybridized carbons (Fsp3) is 1.00. The van der Waals surface area contributed by atoms with Crippen LogP contribution >= 0.6 is 0 Å². The quantitative estimate of drug-likeness (QED) is 0.771. The van der Waals surface area contributed by atoms with Gasteiger partial charge in [0.2, 0.25) is 11.6 Å². The number of hydrogen-bond donors (Lipinski definition) is 1. The maximum Gasteiger partial charge on any atom is 0.224 e. The van der Waals surface area contributed by atoms with E-state index in [9.17, 15) is 5.11 Å². The number of rotatable bonds is 3. The van der Waals surface area contributed by atoms with Crippen molar-refractivity contribution in [3.8, 4) is 0 Å². The van der Waals surface area contributed by atoms with Gasteiger partial charge in [0.25, 0.3) is 0 Å². The zero-order valence-corrected chi connectivity index (χ0v) is 13.6. The normalized spacial score (nSPS) is 47.6. The summed E-state index contributed by atoms with van der Waals surface area (Å²) in [6.07, 6.45) is 0.402. The third-order valence-corrected chi connectivity index (χ3v) is 5.15. The van der Waals surface area contributed by atoms with Crippen molar-refractivity contribution in [1.82, 2.24) is 0 Å². The smallest absolute Gasteiger partial charge is 0.224 e. The van der Waals surface area contributed by atoms with E-state index in [4.69, 9.17) is 28.4 Å². The zero-order valence-electron chi connectivity index (χ0n) is 13.6. The molecule has 0 bridgehead atoms. The lowest BCUT2D eigenvalue weighted by Gasteiger charge is -2.47. The van der Waals surface area contributed by atoms with Crippen LogP contribution in [0.2, 0.25) is 0 Å². The standard InChI is InChI=1S/C15H26O7/c1-9-10(16)11-12(13(17-2)20-9)22-15(21-11)8-6-5-7-14(15,18-3)19-4/h9-13,16H,5-8H2,1-4H3/t9-,10-,11+,12+,13+,15-/m0/s1. The van der Waals surface area contributed by atoms with Crippen LogP contribution in [0, 0.1) is 0 Å². The molecule has 2 heterocycles. The molecule has 6 atom stereocenters. The van der Waals surface area contributed by atoms with E-state index in [1.165, 1.54) is 0 Å². The van der Waals surface area contributed by atoms with Gasteiger partial charge < -0.3 is 33.5 Å². The molecule has 0 aromatic heterocycles. The first-order valence-corrected chi connectivity index (χ1v) is 7.85. The van der Waals surface area contributed by atoms with Crippen LogP contribution in [0.1, 0.15) is 32.6 Å². The molecule has 7 heteroatoms. The molecule has 0 radical (unpaired) electrons. The van der Waals surface area contributed by atoms with E-state index in [-0.39, 0.29) is 0 Å². The van der Waals surface area contributed by atoms with Gasteiger partial charge in [0, 0.05) is 34.2 Å². The van der Waals surface area contributed by atoms with E-state index >= 15 is 0 Å². The minimum atomic E-state index is -1.05. The summed E-state index contributed by atoms with van der Waals surface area (Å²) in [7, 11) is 4.74. The Labute approximate surface area is 130 Å². The molecule has 2 saturated heterocycles. The molecule has 1 aliphatic carbocycles. The summed E-state index contributed by atoms with van der Waals surface area (Å²) in [4.78, 5) is 0. The Bertz CT molecular complexity index is 391. The number of aliphatic hydroxyl groups is 1. The van der Waals surface area contributed by atoms with Gasteiger partial charge in [-0.05, 0) is 19.8 Å². The van der Waals surface area contributed by atoms with Crippen molar-refractivity contribution in [2.75, 3.05) is 21.3 Å². The van der Waals surface area contributed by atoms with Crippen molar-refractivity contribution in [2.45, 2.75) is 74.9 Å². The number of aliphatic hydroxyl groups excluding tert-OH is 1. The van der Waals surface area contributed by atoms with Gasteiger partial charge in [0.05, 0.1) is 6.10 Å². The van der Waals surface area contributed by atoms with Gasteiger partial charge in [-0.25, -0.2) is 0 Å². The molecule has 7 nitrogen and oxygen atoms in total. The number of methoxy groups -OCH3 is 3. The van der Waals surface area contributed by atoms with Gasteiger partial charge >= 0.3 is 0 Å². The van der Waals surface area contributed by atoms with Crippen LogP contribution in [-0.2, 0) is 28.4 Å². The Hall–Kier alpha value is -0.280. The lowest BCUT2D eigenvalue weighted by atomic mass is 9.87. The van der Waals surface area contributed by atoms with Crippen molar-refractivity contribution in [1.29, 1.82) is 0 Å². The van der Waals surface area contributed by atoms with Gasteiger partial charge in [0.15, 0.2) is 6.29 Å². The number of fused-ring (bicyclic) bond motifs is 1. The van der Waals surface area contributed by atoms with Crippen LogP contribution in [0.15, 0.2) is 0 Å². The zero-order chi connectivity index (χ0) is 16.0. The fourth-order valence-electron chi connectivity index (χ4n) is 3.89. The van der Waals surface area contributed by atoms with Crippen molar-refractivity contribution < 1.29 is 33.5 Å². The third kappa shape index (κ3) is 2.23. The molecule has 3 aliphatic rings. The van der Waals surface area contributed by atoms with Crippen molar-refractivity contribution in [3.05, 3.63) is 0 Å². The fourth-order valence-corrected chi connectivity index (χ4v) is 3.89. The van der Waals surface area contributed by atoms with Crippen molar-refractivity contribution in [3.63, 3.8) is 0 Å². The topological polar surface area (TPSA) is 75.6 Å². The molecule has 3 rings (SSSR count). The summed E-state index contributed by atoms with van der Waals surface area (Å²) < 4.78 is 34.8. The summed E-state index contributed by atoms with van der Waals surface area (Å²) in [5, 5.41) is 10.4. The Balaban J connectivity index is 1.93. The number of hydrogen-bond acceptors (Lipinski definition) is 7. The first kappa shape index (κ1) is 16.6. The summed E-state index contributed by atoms with van der Waals surface area (Å²) >= 11 is 0. The van der Waals surface area contributed by atoms with E-state index in [1.807, 2.05) is 0 Å². The van der Waals surface area contributed by atoms with Crippen LogP contribution in [0.3, 0.4) is 0 Å². The minimum Gasteiger partial charge on any atom is -0.388 e. The molecule has 0 amide bonds. The van der Waals surface area contributed by atoms with Crippen LogP contribution in [-0.4, -0.2) is 68.7 Å². The molecule has 1 saturated carbocycles. The molecular weight excluding hydrogens is 292 g/mol. The van der Waals surface area contributed by atoms with Crippen LogP contribution < -0.4 is 0 Å². The number of ether oxygens (including phenoxy) is 6. The lowest BCUT2D eigenvalue weighted by Crippen LogP contribution is -2.60. The van der Waals surface area contributed by atoms with Gasteiger partial charge in [-0.15, -0.1) is 0 Å². The molecule has 128 valence electrons. The molecule has 1 spiro atoms. The molecule has 22 heavy (non-hydrogen) atoms. The van der Waals surface area contributed by atoms with E-state index < -0.39 is 42.3 Å². The molecule has 0 aromatic rings. The van der Waals surface area contributed by atoms with E-state index in [0.29, 0.717) is 12.8 Å². The summed E-state index contributed by atoms with van der Waals surface area (Å²) in [5.74, 6) is -2.03. The van der Waals surface area contributed by atoms with E-state index in [1.54, 1.807) is 28.3 Å². The van der Waals surface area contributed by atoms with E-state index in [0.717, 1.165) is 12.8 Å². The summed E-state index contributed by atoms with van der Waals surface area (Å²) in [5.41, 5.74) is 0. The Morgan fingerprint density at radius 1 is 1.00 bits per heavy atom. The third-order valence-electron chi connectivity index (χ3n) is 5.15. The molecule has 0 aromatic carbocycles. The highest BCUT2D eigenvalue weighted by Gasteiger charge is 2.67. The SMILES string of the molecule is CO[C@@H]1O[C@@H](C)[C@H](O)[C@H]2O[C@@]3(CCCCC3(OC)OC)O[C@@H]12. The summed E-state index contributed by atoms with van der Waals surface area (Å²) in [6.45, 7) is 1.79. The van der Waals surface area contributed by atoms with Gasteiger partial charge in [-0.2, -0.15) is 0 Å². The second-order valence-electron chi connectivity index (χ2n) is 6.22. The average Bonchev–Trinajstić information content (AvgIpc) is 2.92. The maximum absolute atomic E-state index is 10.4.